The van der Waals surface area contributed by atoms with E-state index in [4.69, 9.17) is 5.10 Å². The highest BCUT2D eigenvalue weighted by Gasteiger charge is 2.21. The average molecular weight is 348 g/mol. The summed E-state index contributed by atoms with van der Waals surface area (Å²) in [7, 11) is 0. The van der Waals surface area contributed by atoms with Crippen molar-refractivity contribution in [1.29, 1.82) is 0 Å². The SMILES string of the molecule is Cc1ccc(NC(=O)Nc2cc(C(C)(C)C)nn2-c2ccccc2)cc1. The van der Waals surface area contributed by atoms with Crippen LogP contribution in [0.2, 0.25) is 0 Å². The molecular weight excluding hydrogens is 324 g/mol. The summed E-state index contributed by atoms with van der Waals surface area (Å²) < 4.78 is 1.76. The van der Waals surface area contributed by atoms with E-state index in [-0.39, 0.29) is 11.4 Å². The lowest BCUT2D eigenvalue weighted by Gasteiger charge is -2.14. The Kier molecular flexibility index (Phi) is 4.80. The molecule has 1 aromatic heterocycles. The summed E-state index contributed by atoms with van der Waals surface area (Å²) in [5, 5.41) is 10.5. The maximum Gasteiger partial charge on any atom is 0.324 e. The maximum absolute atomic E-state index is 12.4. The second-order valence-corrected chi connectivity index (χ2v) is 7.36. The molecule has 5 heteroatoms. The number of carbonyl (C=O) groups excluding carboxylic acids is 1. The Morgan fingerprint density at radius 3 is 2.23 bits per heavy atom. The Balaban J connectivity index is 1.87. The number of rotatable bonds is 3. The van der Waals surface area contributed by atoms with Crippen molar-refractivity contribution in [2.24, 2.45) is 0 Å². The van der Waals surface area contributed by atoms with E-state index in [1.165, 1.54) is 0 Å². The van der Waals surface area contributed by atoms with Gasteiger partial charge in [0.2, 0.25) is 0 Å². The molecule has 0 atom stereocenters. The number of aryl methyl sites for hydroxylation is 1. The lowest BCUT2D eigenvalue weighted by atomic mass is 9.92. The number of hydrogen-bond acceptors (Lipinski definition) is 2. The van der Waals surface area contributed by atoms with Gasteiger partial charge in [-0.15, -0.1) is 0 Å². The van der Waals surface area contributed by atoms with Crippen LogP contribution in [-0.4, -0.2) is 15.8 Å². The molecule has 0 aliphatic carbocycles. The van der Waals surface area contributed by atoms with Crippen molar-refractivity contribution in [3.05, 3.63) is 71.9 Å². The summed E-state index contributed by atoms with van der Waals surface area (Å²) in [6, 6.07) is 19.1. The molecule has 0 spiro atoms. The lowest BCUT2D eigenvalue weighted by Crippen LogP contribution is -2.21. The van der Waals surface area contributed by atoms with E-state index in [2.05, 4.69) is 31.4 Å². The zero-order valence-electron chi connectivity index (χ0n) is 15.6. The fraction of sp³-hybridized carbons (Fsp3) is 0.238. The standard InChI is InChI=1S/C21H24N4O/c1-15-10-12-16(13-11-15)22-20(26)23-19-14-18(21(2,3)4)24-25(19)17-8-6-5-7-9-17/h5-14H,1-4H3,(H2,22,23,26). The second-order valence-electron chi connectivity index (χ2n) is 7.36. The molecule has 134 valence electrons. The molecule has 3 aromatic rings. The highest BCUT2D eigenvalue weighted by molar-refractivity contribution is 5.99. The normalized spacial score (nSPS) is 11.2. The first-order valence-corrected chi connectivity index (χ1v) is 8.63. The molecule has 2 N–H and O–H groups in total. The van der Waals surface area contributed by atoms with Crippen LogP contribution in [0.5, 0.6) is 0 Å². The zero-order valence-corrected chi connectivity index (χ0v) is 15.6. The van der Waals surface area contributed by atoms with E-state index in [0.29, 0.717) is 5.82 Å². The van der Waals surface area contributed by atoms with Crippen LogP contribution in [0.4, 0.5) is 16.3 Å². The molecule has 2 aromatic carbocycles. The largest absolute Gasteiger partial charge is 0.324 e. The van der Waals surface area contributed by atoms with Crippen LogP contribution in [0.1, 0.15) is 32.0 Å². The average Bonchev–Trinajstić information content (AvgIpc) is 3.02. The van der Waals surface area contributed by atoms with E-state index >= 15 is 0 Å². The minimum Gasteiger partial charge on any atom is -0.308 e. The van der Waals surface area contributed by atoms with Crippen molar-refractivity contribution >= 4 is 17.5 Å². The van der Waals surface area contributed by atoms with Crippen molar-refractivity contribution in [3.8, 4) is 5.69 Å². The van der Waals surface area contributed by atoms with Crippen LogP contribution in [0, 0.1) is 6.92 Å². The molecule has 0 fully saturated rings. The number of hydrogen-bond donors (Lipinski definition) is 2. The molecular formula is C21H24N4O. The lowest BCUT2D eigenvalue weighted by molar-refractivity contribution is 0.262. The molecule has 0 aliphatic heterocycles. The van der Waals surface area contributed by atoms with E-state index in [0.717, 1.165) is 22.6 Å². The predicted molar refractivity (Wildman–Crippen MR) is 106 cm³/mol. The third-order valence-electron chi connectivity index (χ3n) is 4.03. The van der Waals surface area contributed by atoms with Gasteiger partial charge in [0.05, 0.1) is 11.4 Å². The van der Waals surface area contributed by atoms with Crippen LogP contribution >= 0.6 is 0 Å². The highest BCUT2D eigenvalue weighted by atomic mass is 16.2. The van der Waals surface area contributed by atoms with Gasteiger partial charge >= 0.3 is 6.03 Å². The molecule has 0 unspecified atom stereocenters. The van der Waals surface area contributed by atoms with Crippen molar-refractivity contribution in [2.75, 3.05) is 10.6 Å². The first kappa shape index (κ1) is 17.7. The maximum atomic E-state index is 12.4. The fourth-order valence-corrected chi connectivity index (χ4v) is 2.52. The van der Waals surface area contributed by atoms with Crippen molar-refractivity contribution in [1.82, 2.24) is 9.78 Å². The van der Waals surface area contributed by atoms with Gasteiger partial charge < -0.3 is 5.32 Å². The Labute approximate surface area is 154 Å². The summed E-state index contributed by atoms with van der Waals surface area (Å²) in [6.45, 7) is 8.30. The van der Waals surface area contributed by atoms with Gasteiger partial charge in [-0.1, -0.05) is 56.7 Å². The number of urea groups is 1. The molecule has 0 aliphatic rings. The van der Waals surface area contributed by atoms with Crippen LogP contribution in [0.25, 0.3) is 5.69 Å². The van der Waals surface area contributed by atoms with Gasteiger partial charge in [0.15, 0.2) is 0 Å². The van der Waals surface area contributed by atoms with E-state index < -0.39 is 0 Å². The van der Waals surface area contributed by atoms with E-state index in [9.17, 15) is 4.79 Å². The van der Waals surface area contributed by atoms with E-state index in [1.54, 1.807) is 4.68 Å². The minimum absolute atomic E-state index is 0.121. The fourth-order valence-electron chi connectivity index (χ4n) is 2.52. The Morgan fingerprint density at radius 1 is 0.962 bits per heavy atom. The van der Waals surface area contributed by atoms with Crippen LogP contribution in [0.15, 0.2) is 60.7 Å². The van der Waals surface area contributed by atoms with Crippen molar-refractivity contribution in [2.45, 2.75) is 33.1 Å². The molecule has 1 heterocycles. The Hall–Kier alpha value is -3.08. The van der Waals surface area contributed by atoms with Crippen LogP contribution < -0.4 is 10.6 Å². The number of benzene rings is 2. The van der Waals surface area contributed by atoms with Crippen LogP contribution in [0.3, 0.4) is 0 Å². The Bertz CT molecular complexity index is 890. The van der Waals surface area contributed by atoms with Gasteiger partial charge in [-0.3, -0.25) is 5.32 Å². The number of amides is 2. The third kappa shape index (κ3) is 4.11. The smallest absolute Gasteiger partial charge is 0.308 e. The van der Waals surface area contributed by atoms with Crippen LogP contribution in [-0.2, 0) is 5.41 Å². The summed E-state index contributed by atoms with van der Waals surface area (Å²) in [5.74, 6) is 0.630. The zero-order chi connectivity index (χ0) is 18.7. The molecule has 2 amide bonds. The summed E-state index contributed by atoms with van der Waals surface area (Å²) >= 11 is 0. The molecule has 26 heavy (non-hydrogen) atoms. The highest BCUT2D eigenvalue weighted by Crippen LogP contribution is 2.26. The summed E-state index contributed by atoms with van der Waals surface area (Å²) in [4.78, 5) is 12.4. The monoisotopic (exact) mass is 348 g/mol. The molecule has 0 saturated carbocycles. The van der Waals surface area contributed by atoms with Gasteiger partial charge in [-0.05, 0) is 31.2 Å². The van der Waals surface area contributed by atoms with Crippen molar-refractivity contribution in [3.63, 3.8) is 0 Å². The van der Waals surface area contributed by atoms with Gasteiger partial charge in [0.1, 0.15) is 5.82 Å². The quantitative estimate of drug-likeness (QED) is 0.690. The first-order chi connectivity index (χ1) is 12.3. The number of aromatic nitrogens is 2. The minimum atomic E-state index is -0.300. The van der Waals surface area contributed by atoms with Gasteiger partial charge in [0, 0.05) is 17.2 Å². The summed E-state index contributed by atoms with van der Waals surface area (Å²) in [5.41, 5.74) is 3.58. The predicted octanol–water partition coefficient (Wildman–Crippen LogP) is 5.12. The molecule has 0 saturated heterocycles. The van der Waals surface area contributed by atoms with E-state index in [1.807, 2.05) is 67.6 Å². The molecule has 0 radical (unpaired) electrons. The molecule has 5 nitrogen and oxygen atoms in total. The van der Waals surface area contributed by atoms with Crippen molar-refractivity contribution < 1.29 is 4.79 Å². The number of para-hydroxylation sites is 1. The van der Waals surface area contributed by atoms with Gasteiger partial charge in [0.25, 0.3) is 0 Å². The van der Waals surface area contributed by atoms with Gasteiger partial charge in [-0.2, -0.15) is 5.10 Å². The molecule has 3 rings (SSSR count). The number of carbonyl (C=O) groups is 1. The number of nitrogens with one attached hydrogen (secondary N) is 2. The Morgan fingerprint density at radius 2 is 1.62 bits per heavy atom. The second kappa shape index (κ2) is 7.04. The topological polar surface area (TPSA) is 59.0 Å². The first-order valence-electron chi connectivity index (χ1n) is 8.63. The number of anilines is 2. The summed E-state index contributed by atoms with van der Waals surface area (Å²) in [6.07, 6.45) is 0. The third-order valence-corrected chi connectivity index (χ3v) is 4.03. The number of nitrogens with zero attached hydrogens (tertiary/aromatic N) is 2. The molecule has 0 bridgehead atoms. The van der Waals surface area contributed by atoms with Gasteiger partial charge in [-0.25, -0.2) is 9.48 Å².